The number of nitrogens with one attached hydrogen (secondary N) is 1. The minimum absolute atomic E-state index is 0.297. The van der Waals surface area contributed by atoms with Crippen LogP contribution in [0, 0.1) is 0 Å². The van der Waals surface area contributed by atoms with E-state index in [1.54, 1.807) is 0 Å². The van der Waals surface area contributed by atoms with Gasteiger partial charge in [0.15, 0.2) is 0 Å². The molecule has 25 heavy (non-hydrogen) atoms. The van der Waals surface area contributed by atoms with Crippen LogP contribution in [0.4, 0.5) is 0 Å². The van der Waals surface area contributed by atoms with Gasteiger partial charge < -0.3 is 5.32 Å². The highest BCUT2D eigenvalue weighted by molar-refractivity contribution is 5.83. The molecule has 0 saturated heterocycles. The molecular weight excluding hydrogens is 302 g/mol. The maximum atomic E-state index is 3.74. The van der Waals surface area contributed by atoms with Crippen molar-refractivity contribution in [1.82, 2.24) is 5.32 Å². The Kier molecular flexibility index (Phi) is 4.25. The van der Waals surface area contributed by atoms with Crippen molar-refractivity contribution in [3.05, 3.63) is 96.1 Å². The molecule has 0 aliphatic rings. The summed E-state index contributed by atoms with van der Waals surface area (Å²) in [6.07, 6.45) is 0. The van der Waals surface area contributed by atoms with Crippen LogP contribution in [0.2, 0.25) is 0 Å². The normalized spacial score (nSPS) is 13.8. The molecule has 0 saturated carbocycles. The van der Waals surface area contributed by atoms with E-state index in [4.69, 9.17) is 0 Å². The van der Waals surface area contributed by atoms with E-state index in [0.717, 1.165) is 0 Å². The first-order chi connectivity index (χ1) is 12.2. The van der Waals surface area contributed by atoms with Gasteiger partial charge in [-0.25, -0.2) is 0 Å². The van der Waals surface area contributed by atoms with Gasteiger partial charge in [0, 0.05) is 12.1 Å². The summed E-state index contributed by atoms with van der Waals surface area (Å²) in [6, 6.07) is 31.1. The van der Waals surface area contributed by atoms with E-state index in [1.807, 2.05) is 0 Å². The number of hydrogen-bond donors (Lipinski definition) is 1. The molecule has 0 fully saturated rings. The molecule has 4 aromatic rings. The molecule has 1 heteroatoms. The minimum atomic E-state index is 0.297. The van der Waals surface area contributed by atoms with Gasteiger partial charge in [-0.05, 0) is 58.7 Å². The second-order valence-corrected chi connectivity index (χ2v) is 6.82. The second kappa shape index (κ2) is 6.70. The topological polar surface area (TPSA) is 12.0 Å². The highest BCUT2D eigenvalue weighted by atomic mass is 14.9. The zero-order valence-corrected chi connectivity index (χ0v) is 14.7. The monoisotopic (exact) mass is 325 g/mol. The highest BCUT2D eigenvalue weighted by Crippen LogP contribution is 2.25. The number of fused-ring (bicyclic) bond motifs is 2. The average molecular weight is 325 g/mol. The molecule has 0 unspecified atom stereocenters. The van der Waals surface area contributed by atoms with Crippen LogP contribution >= 0.6 is 0 Å². The van der Waals surface area contributed by atoms with Gasteiger partial charge in [-0.1, -0.05) is 72.8 Å². The lowest BCUT2D eigenvalue weighted by Crippen LogP contribution is -2.22. The van der Waals surface area contributed by atoms with Gasteiger partial charge in [-0.3, -0.25) is 0 Å². The van der Waals surface area contributed by atoms with Gasteiger partial charge in [-0.15, -0.1) is 0 Å². The Morgan fingerprint density at radius 2 is 0.920 bits per heavy atom. The molecule has 0 heterocycles. The first-order valence-electron chi connectivity index (χ1n) is 8.94. The van der Waals surface area contributed by atoms with E-state index in [0.29, 0.717) is 12.1 Å². The fraction of sp³-hybridized carbons (Fsp3) is 0.167. The molecule has 1 N–H and O–H groups in total. The Morgan fingerprint density at radius 3 is 1.36 bits per heavy atom. The summed E-state index contributed by atoms with van der Waals surface area (Å²) in [7, 11) is 0. The van der Waals surface area contributed by atoms with E-state index in [1.165, 1.54) is 32.7 Å². The molecule has 124 valence electrons. The van der Waals surface area contributed by atoms with Crippen molar-refractivity contribution in [2.75, 3.05) is 0 Å². The van der Waals surface area contributed by atoms with Crippen LogP contribution in [0.1, 0.15) is 37.1 Å². The standard InChI is InChI=1S/C24H23N/c1-17(21-13-11-19-7-3-5-9-23(19)15-21)25-18(2)22-14-12-20-8-4-6-10-24(20)16-22/h3-18,25H,1-2H3/t17-,18-/m1/s1. The first kappa shape index (κ1) is 15.9. The fourth-order valence-corrected chi connectivity index (χ4v) is 3.52. The summed E-state index contributed by atoms with van der Waals surface area (Å²) in [5.41, 5.74) is 2.65. The Morgan fingerprint density at radius 1 is 0.520 bits per heavy atom. The molecule has 0 aromatic heterocycles. The largest absolute Gasteiger partial charge is 0.304 e. The van der Waals surface area contributed by atoms with Crippen LogP contribution in [-0.2, 0) is 0 Å². The summed E-state index contributed by atoms with van der Waals surface area (Å²) in [6.45, 7) is 4.48. The van der Waals surface area contributed by atoms with E-state index < -0.39 is 0 Å². The summed E-state index contributed by atoms with van der Waals surface area (Å²) >= 11 is 0. The van der Waals surface area contributed by atoms with Gasteiger partial charge in [0.05, 0.1) is 0 Å². The molecule has 0 spiro atoms. The zero-order chi connectivity index (χ0) is 17.2. The van der Waals surface area contributed by atoms with Crippen LogP contribution in [-0.4, -0.2) is 0 Å². The van der Waals surface area contributed by atoms with Crippen LogP contribution in [0.15, 0.2) is 84.9 Å². The Balaban J connectivity index is 1.56. The lowest BCUT2D eigenvalue weighted by Gasteiger charge is -2.21. The minimum Gasteiger partial charge on any atom is -0.304 e. The zero-order valence-electron chi connectivity index (χ0n) is 14.7. The SMILES string of the molecule is C[C@@H](N[C@H](C)c1ccc2ccccc2c1)c1ccc2ccccc2c1. The predicted molar refractivity (Wildman–Crippen MR) is 108 cm³/mol. The molecule has 0 radical (unpaired) electrons. The fourth-order valence-electron chi connectivity index (χ4n) is 3.52. The predicted octanol–water partition coefficient (Wildman–Crippen LogP) is 6.40. The second-order valence-electron chi connectivity index (χ2n) is 6.82. The molecule has 0 bridgehead atoms. The molecule has 0 aliphatic carbocycles. The molecular formula is C24H23N. The van der Waals surface area contributed by atoms with Gasteiger partial charge in [0.2, 0.25) is 0 Å². The van der Waals surface area contributed by atoms with E-state index in [9.17, 15) is 0 Å². The maximum Gasteiger partial charge on any atom is 0.0297 e. The van der Waals surface area contributed by atoms with Crippen LogP contribution in [0.5, 0.6) is 0 Å². The highest BCUT2D eigenvalue weighted by Gasteiger charge is 2.12. The van der Waals surface area contributed by atoms with Crippen molar-refractivity contribution < 1.29 is 0 Å². The Bertz CT molecular complexity index is 935. The first-order valence-corrected chi connectivity index (χ1v) is 8.94. The van der Waals surface area contributed by atoms with Crippen LogP contribution in [0.25, 0.3) is 21.5 Å². The smallest absolute Gasteiger partial charge is 0.0297 e. The van der Waals surface area contributed by atoms with E-state index in [2.05, 4.69) is 104 Å². The lowest BCUT2D eigenvalue weighted by molar-refractivity contribution is 0.495. The third kappa shape index (κ3) is 3.29. The van der Waals surface area contributed by atoms with Crippen molar-refractivity contribution in [1.29, 1.82) is 0 Å². The molecule has 4 rings (SSSR count). The summed E-state index contributed by atoms with van der Waals surface area (Å²) < 4.78 is 0. The quantitative estimate of drug-likeness (QED) is 0.457. The third-order valence-electron chi connectivity index (χ3n) is 5.05. The van der Waals surface area contributed by atoms with Gasteiger partial charge >= 0.3 is 0 Å². The maximum absolute atomic E-state index is 3.74. The molecule has 0 aliphatic heterocycles. The van der Waals surface area contributed by atoms with E-state index in [-0.39, 0.29) is 0 Å². The summed E-state index contributed by atoms with van der Waals surface area (Å²) in [5, 5.41) is 8.92. The third-order valence-corrected chi connectivity index (χ3v) is 5.05. The van der Waals surface area contributed by atoms with Crippen LogP contribution < -0.4 is 5.32 Å². The molecule has 2 atom stereocenters. The van der Waals surface area contributed by atoms with Gasteiger partial charge in [0.25, 0.3) is 0 Å². The number of rotatable bonds is 4. The van der Waals surface area contributed by atoms with Crippen molar-refractivity contribution in [2.45, 2.75) is 25.9 Å². The van der Waals surface area contributed by atoms with Crippen molar-refractivity contribution in [3.8, 4) is 0 Å². The Hall–Kier alpha value is -2.64. The van der Waals surface area contributed by atoms with Crippen LogP contribution in [0.3, 0.4) is 0 Å². The number of benzene rings is 4. The lowest BCUT2D eigenvalue weighted by atomic mass is 9.99. The molecule has 1 nitrogen and oxygen atoms in total. The van der Waals surface area contributed by atoms with Gasteiger partial charge in [-0.2, -0.15) is 0 Å². The van der Waals surface area contributed by atoms with E-state index >= 15 is 0 Å². The molecule has 0 amide bonds. The summed E-state index contributed by atoms with van der Waals surface area (Å²) in [5.74, 6) is 0. The van der Waals surface area contributed by atoms with Crippen molar-refractivity contribution in [3.63, 3.8) is 0 Å². The van der Waals surface area contributed by atoms with Crippen molar-refractivity contribution >= 4 is 21.5 Å². The molecule has 4 aromatic carbocycles. The average Bonchev–Trinajstić information content (AvgIpc) is 2.67. The van der Waals surface area contributed by atoms with Crippen molar-refractivity contribution in [2.24, 2.45) is 0 Å². The summed E-state index contributed by atoms with van der Waals surface area (Å²) in [4.78, 5) is 0. The Labute approximate surface area is 149 Å². The van der Waals surface area contributed by atoms with Gasteiger partial charge in [0.1, 0.15) is 0 Å². The number of hydrogen-bond acceptors (Lipinski definition) is 1.